The second kappa shape index (κ2) is 9.28. The number of hydrogen-bond donors (Lipinski definition) is 1. The lowest BCUT2D eigenvalue weighted by atomic mass is 9.97. The van der Waals surface area contributed by atoms with Gasteiger partial charge in [-0.25, -0.2) is 14.0 Å². The van der Waals surface area contributed by atoms with Gasteiger partial charge in [-0.1, -0.05) is 39.7 Å². The van der Waals surface area contributed by atoms with Crippen molar-refractivity contribution in [1.29, 1.82) is 0 Å². The van der Waals surface area contributed by atoms with Crippen LogP contribution in [-0.2, 0) is 11.2 Å². The third-order valence-electron chi connectivity index (χ3n) is 3.61. The van der Waals surface area contributed by atoms with Crippen molar-refractivity contribution in [2.24, 2.45) is 5.92 Å². The van der Waals surface area contributed by atoms with Crippen LogP contribution in [0, 0.1) is 11.7 Å². The largest absolute Gasteiger partial charge is 0.478 e. The maximum Gasteiger partial charge on any atom is 0.339 e. The Morgan fingerprint density at radius 2 is 1.96 bits per heavy atom. The first-order valence-corrected chi connectivity index (χ1v) is 8.10. The highest BCUT2D eigenvalue weighted by Gasteiger charge is 2.24. The second-order valence-corrected chi connectivity index (χ2v) is 6.04. The molecule has 1 aromatic carbocycles. The molecule has 4 nitrogen and oxygen atoms in total. The van der Waals surface area contributed by atoms with E-state index in [0.717, 1.165) is 19.3 Å². The lowest BCUT2D eigenvalue weighted by Gasteiger charge is -2.11. The summed E-state index contributed by atoms with van der Waals surface area (Å²) in [6, 6.07) is 2.84. The summed E-state index contributed by atoms with van der Waals surface area (Å²) in [5.41, 5.74) is -0.486. The molecule has 128 valence electrons. The Morgan fingerprint density at radius 1 is 1.26 bits per heavy atom. The fraction of sp³-hybridized carbons (Fsp3) is 0.556. The number of carboxylic acids is 1. The second-order valence-electron chi connectivity index (χ2n) is 6.04. The minimum Gasteiger partial charge on any atom is -0.478 e. The standard InChI is InChI=1S/C18H25FO4/c1-4-5-11-23-18(22)14-10-9-13(8-6-7-12(2)3)16(19)15(14)17(20)21/h9-10,12H,4-8,11H2,1-3H3,(H,20,21). The van der Waals surface area contributed by atoms with Crippen LogP contribution in [0.5, 0.6) is 0 Å². The summed E-state index contributed by atoms with van der Waals surface area (Å²) >= 11 is 0. The van der Waals surface area contributed by atoms with E-state index in [2.05, 4.69) is 13.8 Å². The summed E-state index contributed by atoms with van der Waals surface area (Å²) < 4.78 is 19.5. The molecule has 0 aliphatic heterocycles. The summed E-state index contributed by atoms with van der Waals surface area (Å²) in [5, 5.41) is 9.26. The van der Waals surface area contributed by atoms with E-state index in [9.17, 15) is 19.1 Å². The van der Waals surface area contributed by atoms with Crippen LogP contribution < -0.4 is 0 Å². The fourth-order valence-corrected chi connectivity index (χ4v) is 2.28. The Bertz CT molecular complexity index is 552. The van der Waals surface area contributed by atoms with Crippen LogP contribution in [0.3, 0.4) is 0 Å². The highest BCUT2D eigenvalue weighted by atomic mass is 19.1. The van der Waals surface area contributed by atoms with Crippen molar-refractivity contribution in [2.75, 3.05) is 6.61 Å². The molecule has 0 fully saturated rings. The van der Waals surface area contributed by atoms with Gasteiger partial charge in [0.15, 0.2) is 0 Å². The molecule has 0 amide bonds. The molecule has 0 heterocycles. The van der Waals surface area contributed by atoms with Crippen molar-refractivity contribution in [3.63, 3.8) is 0 Å². The number of hydrogen-bond acceptors (Lipinski definition) is 3. The van der Waals surface area contributed by atoms with Crippen molar-refractivity contribution >= 4 is 11.9 Å². The van der Waals surface area contributed by atoms with Gasteiger partial charge in [-0.05, 0) is 36.8 Å². The van der Waals surface area contributed by atoms with Crippen LogP contribution in [0.25, 0.3) is 0 Å². The van der Waals surface area contributed by atoms with Crippen LogP contribution in [0.4, 0.5) is 4.39 Å². The number of aromatic carboxylic acids is 1. The molecule has 23 heavy (non-hydrogen) atoms. The van der Waals surface area contributed by atoms with E-state index in [1.165, 1.54) is 12.1 Å². The lowest BCUT2D eigenvalue weighted by molar-refractivity contribution is 0.0488. The van der Waals surface area contributed by atoms with Gasteiger partial charge in [0.05, 0.1) is 12.2 Å². The first-order valence-electron chi connectivity index (χ1n) is 8.10. The topological polar surface area (TPSA) is 63.6 Å². The zero-order valence-corrected chi connectivity index (χ0v) is 14.0. The van der Waals surface area contributed by atoms with Crippen LogP contribution >= 0.6 is 0 Å². The summed E-state index contributed by atoms with van der Waals surface area (Å²) in [7, 11) is 0. The Kier molecular flexibility index (Phi) is 7.72. The number of unbranched alkanes of at least 4 members (excludes halogenated alkanes) is 1. The van der Waals surface area contributed by atoms with Gasteiger partial charge in [-0.2, -0.15) is 0 Å². The average molecular weight is 324 g/mol. The monoisotopic (exact) mass is 324 g/mol. The minimum atomic E-state index is -1.45. The molecule has 0 spiro atoms. The van der Waals surface area contributed by atoms with Crippen molar-refractivity contribution < 1.29 is 23.8 Å². The number of carbonyl (C=O) groups excluding carboxylic acids is 1. The van der Waals surface area contributed by atoms with Gasteiger partial charge in [0.2, 0.25) is 0 Å². The van der Waals surface area contributed by atoms with Gasteiger partial charge < -0.3 is 9.84 Å². The van der Waals surface area contributed by atoms with E-state index in [1.807, 2.05) is 6.92 Å². The van der Waals surface area contributed by atoms with Gasteiger partial charge in [-0.3, -0.25) is 0 Å². The van der Waals surface area contributed by atoms with Crippen LogP contribution in [0.1, 0.15) is 72.7 Å². The smallest absolute Gasteiger partial charge is 0.339 e. The highest BCUT2D eigenvalue weighted by molar-refractivity contribution is 6.02. The summed E-state index contributed by atoms with van der Waals surface area (Å²) in [5.74, 6) is -2.56. The van der Waals surface area contributed by atoms with E-state index in [1.54, 1.807) is 0 Å². The molecule has 0 saturated heterocycles. The van der Waals surface area contributed by atoms with Crippen molar-refractivity contribution in [3.05, 3.63) is 34.6 Å². The SMILES string of the molecule is CCCCOC(=O)c1ccc(CCCC(C)C)c(F)c1C(=O)O. The Labute approximate surface area is 136 Å². The predicted molar refractivity (Wildman–Crippen MR) is 86.3 cm³/mol. The molecule has 0 atom stereocenters. The molecule has 5 heteroatoms. The number of halogens is 1. The van der Waals surface area contributed by atoms with E-state index in [-0.39, 0.29) is 12.2 Å². The molecule has 0 unspecified atom stereocenters. The van der Waals surface area contributed by atoms with E-state index < -0.39 is 23.3 Å². The van der Waals surface area contributed by atoms with Crippen LogP contribution in [0.15, 0.2) is 12.1 Å². The van der Waals surface area contributed by atoms with Crippen LogP contribution in [0.2, 0.25) is 0 Å². The quantitative estimate of drug-likeness (QED) is 0.538. The van der Waals surface area contributed by atoms with Crippen molar-refractivity contribution in [2.45, 2.75) is 52.9 Å². The average Bonchev–Trinajstić information content (AvgIpc) is 2.48. The number of carboxylic acid groups (broad SMARTS) is 1. The van der Waals surface area contributed by atoms with Gasteiger partial charge >= 0.3 is 11.9 Å². The number of ether oxygens (including phenoxy) is 1. The molecular weight excluding hydrogens is 299 g/mol. The van der Waals surface area contributed by atoms with Crippen molar-refractivity contribution in [3.8, 4) is 0 Å². The summed E-state index contributed by atoms with van der Waals surface area (Å²) in [6.07, 6.45) is 3.69. The molecular formula is C18H25FO4. The molecule has 1 rings (SSSR count). The maximum atomic E-state index is 14.5. The Hall–Kier alpha value is -1.91. The fourth-order valence-electron chi connectivity index (χ4n) is 2.28. The number of carbonyl (C=O) groups is 2. The summed E-state index contributed by atoms with van der Waals surface area (Å²) in [4.78, 5) is 23.3. The maximum absolute atomic E-state index is 14.5. The zero-order chi connectivity index (χ0) is 17.4. The van der Waals surface area contributed by atoms with E-state index in [4.69, 9.17) is 4.74 Å². The normalized spacial score (nSPS) is 10.8. The number of esters is 1. The third kappa shape index (κ3) is 5.66. The molecule has 0 aliphatic carbocycles. The highest BCUT2D eigenvalue weighted by Crippen LogP contribution is 2.21. The Balaban J connectivity index is 2.98. The number of benzene rings is 1. The minimum absolute atomic E-state index is 0.201. The first-order chi connectivity index (χ1) is 10.9. The van der Waals surface area contributed by atoms with E-state index >= 15 is 0 Å². The van der Waals surface area contributed by atoms with Gasteiger partial charge in [0, 0.05) is 0 Å². The molecule has 0 bridgehead atoms. The number of aryl methyl sites for hydroxylation is 1. The zero-order valence-electron chi connectivity index (χ0n) is 14.0. The summed E-state index contributed by atoms with van der Waals surface area (Å²) in [6.45, 7) is 6.30. The van der Waals surface area contributed by atoms with Crippen molar-refractivity contribution in [1.82, 2.24) is 0 Å². The molecule has 1 aromatic rings. The molecule has 0 aliphatic rings. The third-order valence-corrected chi connectivity index (χ3v) is 3.61. The van der Waals surface area contributed by atoms with E-state index in [0.29, 0.717) is 24.3 Å². The first kappa shape index (κ1) is 19.1. The van der Waals surface area contributed by atoms with Gasteiger partial charge in [0.25, 0.3) is 0 Å². The van der Waals surface area contributed by atoms with Gasteiger partial charge in [-0.15, -0.1) is 0 Å². The van der Waals surface area contributed by atoms with Gasteiger partial charge in [0.1, 0.15) is 11.4 Å². The van der Waals surface area contributed by atoms with Crippen LogP contribution in [-0.4, -0.2) is 23.7 Å². The molecule has 0 saturated carbocycles. The molecule has 1 N–H and O–H groups in total. The molecule has 0 radical (unpaired) electrons. The number of rotatable bonds is 9. The predicted octanol–water partition coefficient (Wildman–Crippen LogP) is 4.46. The Morgan fingerprint density at radius 3 is 2.52 bits per heavy atom. The lowest BCUT2D eigenvalue weighted by Crippen LogP contribution is -2.15. The molecule has 0 aromatic heterocycles.